The van der Waals surface area contributed by atoms with Gasteiger partial charge in [-0.05, 0) is 18.7 Å². The number of anilines is 1. The standard InChI is InChI=1S/C10H12N4O3S3/c1-5(15)7-4-6(14(16)17)8(18-7)19-10-12-11-9(20-10)13(2)3/h4-5,15H,1-3H3/t5-/m1/s1. The number of aromatic nitrogens is 2. The van der Waals surface area contributed by atoms with E-state index in [-0.39, 0.29) is 5.69 Å². The Labute approximate surface area is 127 Å². The minimum Gasteiger partial charge on any atom is -0.388 e. The third-order valence-electron chi connectivity index (χ3n) is 2.27. The molecule has 0 fully saturated rings. The molecule has 108 valence electrons. The van der Waals surface area contributed by atoms with Crippen molar-refractivity contribution in [2.75, 3.05) is 19.0 Å². The third kappa shape index (κ3) is 3.26. The summed E-state index contributed by atoms with van der Waals surface area (Å²) in [6.07, 6.45) is -0.722. The molecule has 2 rings (SSSR count). The Morgan fingerprint density at radius 3 is 2.65 bits per heavy atom. The van der Waals surface area contributed by atoms with E-state index in [0.29, 0.717) is 13.4 Å². The summed E-state index contributed by atoms with van der Waals surface area (Å²) in [7, 11) is 3.71. The number of aliphatic hydroxyl groups excluding tert-OH is 1. The van der Waals surface area contributed by atoms with Gasteiger partial charge in [-0.2, -0.15) is 0 Å². The first-order valence-corrected chi connectivity index (χ1v) is 7.98. The zero-order valence-electron chi connectivity index (χ0n) is 10.9. The van der Waals surface area contributed by atoms with Gasteiger partial charge in [0.2, 0.25) is 5.13 Å². The van der Waals surface area contributed by atoms with E-state index in [1.165, 1.54) is 40.5 Å². The van der Waals surface area contributed by atoms with Crippen LogP contribution in [0.5, 0.6) is 0 Å². The molecule has 0 radical (unpaired) electrons. The van der Waals surface area contributed by atoms with Crippen molar-refractivity contribution < 1.29 is 10.0 Å². The number of nitrogens with zero attached hydrogens (tertiary/aromatic N) is 4. The maximum absolute atomic E-state index is 11.0. The number of rotatable bonds is 5. The fourth-order valence-corrected chi connectivity index (χ4v) is 4.56. The van der Waals surface area contributed by atoms with E-state index in [1.54, 1.807) is 6.92 Å². The number of thiophene rings is 1. The molecule has 7 nitrogen and oxygen atoms in total. The minimum absolute atomic E-state index is 0.00231. The lowest BCUT2D eigenvalue weighted by Gasteiger charge is -2.03. The molecular weight excluding hydrogens is 320 g/mol. The van der Waals surface area contributed by atoms with Gasteiger partial charge in [-0.1, -0.05) is 11.3 Å². The Balaban J connectivity index is 2.29. The molecule has 2 aromatic heterocycles. The molecule has 10 heteroatoms. The third-order valence-corrected chi connectivity index (χ3v) is 5.89. The molecule has 20 heavy (non-hydrogen) atoms. The van der Waals surface area contributed by atoms with Crippen molar-refractivity contribution in [3.8, 4) is 0 Å². The smallest absolute Gasteiger partial charge is 0.294 e. The largest absolute Gasteiger partial charge is 0.388 e. The van der Waals surface area contributed by atoms with Crippen molar-refractivity contribution in [3.05, 3.63) is 21.1 Å². The molecule has 0 spiro atoms. The second-order valence-corrected chi connectivity index (χ2v) is 7.66. The quantitative estimate of drug-likeness (QED) is 0.664. The Morgan fingerprint density at radius 2 is 2.15 bits per heavy atom. The summed E-state index contributed by atoms with van der Waals surface area (Å²) in [6.45, 7) is 1.58. The first kappa shape index (κ1) is 15.2. The van der Waals surface area contributed by atoms with Crippen LogP contribution in [0.4, 0.5) is 10.8 Å². The van der Waals surface area contributed by atoms with Gasteiger partial charge in [-0.3, -0.25) is 10.1 Å². The summed E-state index contributed by atoms with van der Waals surface area (Å²) in [5.41, 5.74) is -0.00231. The van der Waals surface area contributed by atoms with Gasteiger partial charge < -0.3 is 10.0 Å². The number of aliphatic hydroxyl groups is 1. The summed E-state index contributed by atoms with van der Waals surface area (Å²) in [5.74, 6) is 0. The maximum Gasteiger partial charge on any atom is 0.294 e. The van der Waals surface area contributed by atoms with Crippen molar-refractivity contribution >= 4 is 45.3 Å². The van der Waals surface area contributed by atoms with Crippen LogP contribution in [0.25, 0.3) is 0 Å². The Bertz CT molecular complexity index is 623. The van der Waals surface area contributed by atoms with Gasteiger partial charge >= 0.3 is 0 Å². The molecule has 0 aliphatic carbocycles. The second-order valence-electron chi connectivity index (χ2n) is 4.10. The average molecular weight is 332 g/mol. The van der Waals surface area contributed by atoms with Crippen LogP contribution in [-0.2, 0) is 0 Å². The molecule has 0 aliphatic heterocycles. The lowest BCUT2D eigenvalue weighted by atomic mass is 10.3. The molecule has 0 saturated carbocycles. The van der Waals surface area contributed by atoms with E-state index >= 15 is 0 Å². The van der Waals surface area contributed by atoms with Crippen molar-refractivity contribution in [1.29, 1.82) is 0 Å². The van der Waals surface area contributed by atoms with E-state index in [9.17, 15) is 15.2 Å². The molecule has 1 atom stereocenters. The molecule has 0 aromatic carbocycles. The van der Waals surface area contributed by atoms with Crippen LogP contribution in [0.3, 0.4) is 0 Å². The summed E-state index contributed by atoms with van der Waals surface area (Å²) < 4.78 is 1.14. The van der Waals surface area contributed by atoms with Crippen LogP contribution in [0, 0.1) is 10.1 Å². The van der Waals surface area contributed by atoms with Crippen LogP contribution in [0.1, 0.15) is 17.9 Å². The van der Waals surface area contributed by atoms with Crippen molar-refractivity contribution in [2.45, 2.75) is 21.6 Å². The van der Waals surface area contributed by atoms with E-state index in [4.69, 9.17) is 0 Å². The molecule has 0 unspecified atom stereocenters. The van der Waals surface area contributed by atoms with Crippen molar-refractivity contribution in [2.24, 2.45) is 0 Å². The SMILES string of the molecule is C[C@@H](O)c1cc([N+](=O)[O-])c(Sc2nnc(N(C)C)s2)s1. The fraction of sp³-hybridized carbons (Fsp3) is 0.400. The summed E-state index contributed by atoms with van der Waals surface area (Å²) in [4.78, 5) is 13.0. The number of hydrogen-bond donors (Lipinski definition) is 1. The summed E-state index contributed by atoms with van der Waals surface area (Å²) >= 11 is 3.77. The maximum atomic E-state index is 11.0. The highest BCUT2D eigenvalue weighted by molar-refractivity contribution is 8.03. The topological polar surface area (TPSA) is 92.4 Å². The summed E-state index contributed by atoms with van der Waals surface area (Å²) in [6, 6.07) is 1.41. The first-order chi connectivity index (χ1) is 9.38. The molecule has 0 aliphatic rings. The van der Waals surface area contributed by atoms with Gasteiger partial charge in [0.25, 0.3) is 5.69 Å². The van der Waals surface area contributed by atoms with Crippen molar-refractivity contribution in [3.63, 3.8) is 0 Å². The predicted octanol–water partition coefficient (Wildman–Crippen LogP) is 2.78. The highest BCUT2D eigenvalue weighted by Gasteiger charge is 2.23. The molecule has 0 bridgehead atoms. The summed E-state index contributed by atoms with van der Waals surface area (Å²) in [5, 5.41) is 29.3. The number of hydrogen-bond acceptors (Lipinski definition) is 9. The second kappa shape index (κ2) is 6.04. The minimum atomic E-state index is -0.722. The Kier molecular flexibility index (Phi) is 4.58. The highest BCUT2D eigenvalue weighted by atomic mass is 32.2. The lowest BCUT2D eigenvalue weighted by Crippen LogP contribution is -2.07. The van der Waals surface area contributed by atoms with E-state index in [1.807, 2.05) is 19.0 Å². The Hall–Kier alpha value is -1.23. The van der Waals surface area contributed by atoms with Crippen LogP contribution in [0.15, 0.2) is 14.6 Å². The normalized spacial score (nSPS) is 12.4. The predicted molar refractivity (Wildman–Crippen MR) is 80.0 cm³/mol. The molecular formula is C10H12N4O3S3. The molecule has 2 aromatic rings. The molecule has 0 saturated heterocycles. The molecule has 1 N–H and O–H groups in total. The van der Waals surface area contributed by atoms with Gasteiger partial charge in [0.15, 0.2) is 4.34 Å². The molecule has 0 amide bonds. The first-order valence-electron chi connectivity index (χ1n) is 5.53. The zero-order chi connectivity index (χ0) is 14.9. The van der Waals surface area contributed by atoms with Gasteiger partial charge in [0, 0.05) is 25.0 Å². The van der Waals surface area contributed by atoms with Gasteiger partial charge in [-0.15, -0.1) is 21.5 Å². The monoisotopic (exact) mass is 332 g/mol. The van der Waals surface area contributed by atoms with Gasteiger partial charge in [0.1, 0.15) is 4.21 Å². The molecule has 2 heterocycles. The number of nitro groups is 1. The zero-order valence-corrected chi connectivity index (χ0v) is 13.4. The lowest BCUT2D eigenvalue weighted by molar-refractivity contribution is -0.387. The van der Waals surface area contributed by atoms with Crippen molar-refractivity contribution in [1.82, 2.24) is 10.2 Å². The van der Waals surface area contributed by atoms with Gasteiger partial charge in [0.05, 0.1) is 11.0 Å². The Morgan fingerprint density at radius 1 is 1.45 bits per heavy atom. The van der Waals surface area contributed by atoms with Crippen LogP contribution in [-0.4, -0.2) is 34.3 Å². The average Bonchev–Trinajstić information content (AvgIpc) is 2.96. The highest BCUT2D eigenvalue weighted by Crippen LogP contribution is 2.44. The van der Waals surface area contributed by atoms with E-state index in [2.05, 4.69) is 10.2 Å². The van der Waals surface area contributed by atoms with Crippen LogP contribution in [0.2, 0.25) is 0 Å². The van der Waals surface area contributed by atoms with Crippen LogP contribution >= 0.6 is 34.4 Å². The van der Waals surface area contributed by atoms with E-state index < -0.39 is 11.0 Å². The van der Waals surface area contributed by atoms with Gasteiger partial charge in [-0.25, -0.2) is 0 Å². The fourth-order valence-electron chi connectivity index (χ4n) is 1.29. The van der Waals surface area contributed by atoms with E-state index in [0.717, 1.165) is 5.13 Å². The van der Waals surface area contributed by atoms with Crippen LogP contribution < -0.4 is 4.90 Å².